The van der Waals surface area contributed by atoms with Crippen molar-refractivity contribution in [3.63, 3.8) is 0 Å². The number of methoxy groups -OCH3 is 1. The summed E-state index contributed by atoms with van der Waals surface area (Å²) < 4.78 is 10.5. The topological polar surface area (TPSA) is 77.2 Å². The number of rotatable bonds is 6. The van der Waals surface area contributed by atoms with Gasteiger partial charge in [0.25, 0.3) is 0 Å². The summed E-state index contributed by atoms with van der Waals surface area (Å²) in [6.07, 6.45) is 0.654. The van der Waals surface area contributed by atoms with Crippen molar-refractivity contribution in [2.45, 2.75) is 26.7 Å². The Bertz CT molecular complexity index is 918. The normalized spacial score (nSPS) is 10.6. The first-order chi connectivity index (χ1) is 12.6. The zero-order valence-electron chi connectivity index (χ0n) is 15.1. The van der Waals surface area contributed by atoms with Crippen molar-refractivity contribution in [1.82, 2.24) is 10.1 Å². The maximum Gasteiger partial charge on any atom is 0.227 e. The molecule has 0 saturated heterocycles. The summed E-state index contributed by atoms with van der Waals surface area (Å²) in [4.78, 5) is 16.5. The van der Waals surface area contributed by atoms with Crippen LogP contribution in [0.5, 0.6) is 5.75 Å². The van der Waals surface area contributed by atoms with Crippen LogP contribution in [0.25, 0.3) is 11.4 Å². The van der Waals surface area contributed by atoms with E-state index in [2.05, 4.69) is 15.5 Å². The average Bonchev–Trinajstić information content (AvgIpc) is 3.13. The molecule has 26 heavy (non-hydrogen) atoms. The SMILES string of the molecule is COc1cccc(-c2noc(CCC(=O)Nc3cccc(C)c3C)n2)c1. The third kappa shape index (κ3) is 4.08. The van der Waals surface area contributed by atoms with E-state index in [0.29, 0.717) is 18.1 Å². The third-order valence-corrected chi connectivity index (χ3v) is 4.24. The minimum Gasteiger partial charge on any atom is -0.497 e. The summed E-state index contributed by atoms with van der Waals surface area (Å²) >= 11 is 0. The molecule has 0 aliphatic heterocycles. The fraction of sp³-hybridized carbons (Fsp3) is 0.250. The molecule has 2 aromatic carbocycles. The highest BCUT2D eigenvalue weighted by Crippen LogP contribution is 2.22. The van der Waals surface area contributed by atoms with E-state index in [4.69, 9.17) is 9.26 Å². The number of benzene rings is 2. The van der Waals surface area contributed by atoms with Crippen molar-refractivity contribution in [1.29, 1.82) is 0 Å². The second kappa shape index (κ2) is 7.82. The van der Waals surface area contributed by atoms with Crippen molar-refractivity contribution >= 4 is 11.6 Å². The fourth-order valence-electron chi connectivity index (χ4n) is 2.56. The van der Waals surface area contributed by atoms with Crippen LogP contribution in [0, 0.1) is 13.8 Å². The summed E-state index contributed by atoms with van der Waals surface area (Å²) in [7, 11) is 1.61. The second-order valence-corrected chi connectivity index (χ2v) is 6.04. The minimum absolute atomic E-state index is 0.0835. The van der Waals surface area contributed by atoms with Gasteiger partial charge in [0.1, 0.15) is 5.75 Å². The highest BCUT2D eigenvalue weighted by atomic mass is 16.5. The smallest absolute Gasteiger partial charge is 0.227 e. The number of anilines is 1. The van der Waals surface area contributed by atoms with Gasteiger partial charge in [0, 0.05) is 24.1 Å². The van der Waals surface area contributed by atoms with E-state index in [0.717, 1.165) is 28.1 Å². The number of hydrogen-bond acceptors (Lipinski definition) is 5. The molecule has 3 aromatic rings. The maximum atomic E-state index is 12.2. The second-order valence-electron chi connectivity index (χ2n) is 6.04. The Hall–Kier alpha value is -3.15. The molecule has 6 nitrogen and oxygen atoms in total. The fourth-order valence-corrected chi connectivity index (χ4v) is 2.56. The molecule has 134 valence electrons. The predicted octanol–water partition coefficient (Wildman–Crippen LogP) is 3.93. The van der Waals surface area contributed by atoms with Gasteiger partial charge in [0.05, 0.1) is 7.11 Å². The first-order valence-corrected chi connectivity index (χ1v) is 8.40. The number of aromatic nitrogens is 2. The van der Waals surface area contributed by atoms with E-state index >= 15 is 0 Å². The Kier molecular flexibility index (Phi) is 5.31. The maximum absolute atomic E-state index is 12.2. The summed E-state index contributed by atoms with van der Waals surface area (Å²) in [6.45, 7) is 4.01. The van der Waals surface area contributed by atoms with Gasteiger partial charge < -0.3 is 14.6 Å². The standard InChI is InChI=1S/C20H21N3O3/c1-13-6-4-9-17(14(13)2)21-18(24)10-11-19-22-20(23-26-19)15-7-5-8-16(12-15)25-3/h4-9,12H,10-11H2,1-3H3,(H,21,24). The molecule has 0 aliphatic rings. The van der Waals surface area contributed by atoms with E-state index in [-0.39, 0.29) is 12.3 Å². The Morgan fingerprint density at radius 1 is 1.19 bits per heavy atom. The molecular weight excluding hydrogens is 330 g/mol. The molecule has 3 rings (SSSR count). The van der Waals surface area contributed by atoms with Gasteiger partial charge in [-0.05, 0) is 43.2 Å². The van der Waals surface area contributed by atoms with Gasteiger partial charge in [-0.3, -0.25) is 4.79 Å². The molecule has 1 heterocycles. The Morgan fingerprint density at radius 3 is 2.81 bits per heavy atom. The van der Waals surface area contributed by atoms with E-state index in [1.165, 1.54) is 0 Å². The van der Waals surface area contributed by atoms with Gasteiger partial charge in [-0.25, -0.2) is 0 Å². The van der Waals surface area contributed by atoms with Gasteiger partial charge in [-0.2, -0.15) is 4.98 Å². The molecule has 1 amide bonds. The van der Waals surface area contributed by atoms with Crippen LogP contribution in [-0.2, 0) is 11.2 Å². The van der Waals surface area contributed by atoms with Crippen molar-refractivity contribution in [2.24, 2.45) is 0 Å². The van der Waals surface area contributed by atoms with Crippen LogP contribution < -0.4 is 10.1 Å². The Balaban J connectivity index is 1.61. The van der Waals surface area contributed by atoms with Crippen molar-refractivity contribution in [3.8, 4) is 17.1 Å². The van der Waals surface area contributed by atoms with E-state index < -0.39 is 0 Å². The molecule has 0 aliphatic carbocycles. The van der Waals surface area contributed by atoms with Crippen LogP contribution in [0.15, 0.2) is 47.0 Å². The van der Waals surface area contributed by atoms with Gasteiger partial charge in [-0.15, -0.1) is 0 Å². The molecule has 0 spiro atoms. The number of aryl methyl sites for hydroxylation is 2. The molecule has 1 aromatic heterocycles. The molecule has 0 bridgehead atoms. The lowest BCUT2D eigenvalue weighted by molar-refractivity contribution is -0.116. The van der Waals surface area contributed by atoms with Crippen LogP contribution in [-0.4, -0.2) is 23.2 Å². The van der Waals surface area contributed by atoms with Crippen LogP contribution in [0.3, 0.4) is 0 Å². The molecule has 0 unspecified atom stereocenters. The Morgan fingerprint density at radius 2 is 2.00 bits per heavy atom. The number of carbonyl (C=O) groups excluding carboxylic acids is 1. The lowest BCUT2D eigenvalue weighted by atomic mass is 10.1. The summed E-state index contributed by atoms with van der Waals surface area (Å²) in [5.74, 6) is 1.55. The summed E-state index contributed by atoms with van der Waals surface area (Å²) in [5.41, 5.74) is 3.85. The molecule has 6 heteroatoms. The highest BCUT2D eigenvalue weighted by Gasteiger charge is 2.12. The van der Waals surface area contributed by atoms with Crippen LogP contribution in [0.1, 0.15) is 23.4 Å². The van der Waals surface area contributed by atoms with Crippen LogP contribution >= 0.6 is 0 Å². The quantitative estimate of drug-likeness (QED) is 0.728. The zero-order chi connectivity index (χ0) is 18.5. The average molecular weight is 351 g/mol. The molecule has 0 atom stereocenters. The summed E-state index contributed by atoms with van der Waals surface area (Å²) in [5, 5.41) is 6.91. The van der Waals surface area contributed by atoms with Crippen molar-refractivity contribution in [3.05, 3.63) is 59.5 Å². The predicted molar refractivity (Wildman–Crippen MR) is 99.2 cm³/mol. The first-order valence-electron chi connectivity index (χ1n) is 8.40. The van der Waals surface area contributed by atoms with Gasteiger partial charge in [0.2, 0.25) is 17.6 Å². The highest BCUT2D eigenvalue weighted by molar-refractivity contribution is 5.91. The van der Waals surface area contributed by atoms with E-state index in [1.807, 2.05) is 56.3 Å². The molecule has 0 saturated carbocycles. The number of nitrogens with zero attached hydrogens (tertiary/aromatic N) is 2. The van der Waals surface area contributed by atoms with Gasteiger partial charge in [0.15, 0.2) is 0 Å². The molecule has 0 radical (unpaired) electrons. The number of ether oxygens (including phenoxy) is 1. The van der Waals surface area contributed by atoms with Gasteiger partial charge in [-0.1, -0.05) is 29.4 Å². The lowest BCUT2D eigenvalue weighted by Crippen LogP contribution is -2.13. The van der Waals surface area contributed by atoms with E-state index in [9.17, 15) is 4.79 Å². The zero-order valence-corrected chi connectivity index (χ0v) is 15.1. The summed E-state index contributed by atoms with van der Waals surface area (Å²) in [6, 6.07) is 13.3. The molecule has 0 fully saturated rings. The number of amides is 1. The monoisotopic (exact) mass is 351 g/mol. The minimum atomic E-state index is -0.0835. The molecular formula is C20H21N3O3. The number of carbonyl (C=O) groups is 1. The number of nitrogens with one attached hydrogen (secondary N) is 1. The molecule has 1 N–H and O–H groups in total. The lowest BCUT2D eigenvalue weighted by Gasteiger charge is -2.09. The third-order valence-electron chi connectivity index (χ3n) is 4.24. The first kappa shape index (κ1) is 17.7. The van der Waals surface area contributed by atoms with Crippen LogP contribution in [0.2, 0.25) is 0 Å². The Labute approximate surface area is 152 Å². The van der Waals surface area contributed by atoms with Crippen molar-refractivity contribution in [2.75, 3.05) is 12.4 Å². The largest absolute Gasteiger partial charge is 0.497 e. The van der Waals surface area contributed by atoms with Gasteiger partial charge >= 0.3 is 0 Å². The number of hydrogen-bond donors (Lipinski definition) is 1. The van der Waals surface area contributed by atoms with Crippen molar-refractivity contribution < 1.29 is 14.1 Å². The van der Waals surface area contributed by atoms with E-state index in [1.54, 1.807) is 7.11 Å². The van der Waals surface area contributed by atoms with Crippen LogP contribution in [0.4, 0.5) is 5.69 Å².